The lowest BCUT2D eigenvalue weighted by Gasteiger charge is -2.31. The van der Waals surface area contributed by atoms with E-state index in [0.29, 0.717) is 18.3 Å². The minimum absolute atomic E-state index is 0.135. The molecular formula is C21H28N4O3. The van der Waals surface area contributed by atoms with E-state index in [1.54, 1.807) is 0 Å². The van der Waals surface area contributed by atoms with Gasteiger partial charge in [-0.2, -0.15) is 0 Å². The molecule has 0 unspecified atom stereocenters. The number of amides is 1. The maximum Gasteiger partial charge on any atom is 0.253 e. The molecule has 0 bridgehead atoms. The minimum Gasteiger partial charge on any atom is -0.490 e. The summed E-state index contributed by atoms with van der Waals surface area (Å²) in [6.07, 6.45) is 5.56. The van der Waals surface area contributed by atoms with Gasteiger partial charge in [0.15, 0.2) is 0 Å². The summed E-state index contributed by atoms with van der Waals surface area (Å²) in [6.45, 7) is 6.13. The van der Waals surface area contributed by atoms with E-state index < -0.39 is 0 Å². The number of aromatic nitrogens is 2. The Bertz CT molecular complexity index is 775. The van der Waals surface area contributed by atoms with E-state index in [9.17, 15) is 4.79 Å². The van der Waals surface area contributed by atoms with Crippen LogP contribution >= 0.6 is 0 Å². The van der Waals surface area contributed by atoms with Gasteiger partial charge in [-0.05, 0) is 56.4 Å². The Hall–Kier alpha value is -2.41. The van der Waals surface area contributed by atoms with Gasteiger partial charge >= 0.3 is 0 Å². The molecule has 1 aromatic heterocycles. The Balaban J connectivity index is 1.25. The van der Waals surface area contributed by atoms with Crippen LogP contribution in [-0.4, -0.2) is 58.2 Å². The van der Waals surface area contributed by atoms with Crippen molar-refractivity contribution in [3.8, 4) is 5.75 Å². The number of benzene rings is 1. The molecule has 3 heterocycles. The molecule has 4 rings (SSSR count). The lowest BCUT2D eigenvalue weighted by atomic mass is 10.1. The molecule has 0 N–H and O–H groups in total. The number of aryl methyl sites for hydroxylation is 1. The van der Waals surface area contributed by atoms with Gasteiger partial charge in [-0.1, -0.05) is 0 Å². The number of piperidine rings is 2. The normalized spacial score (nSPS) is 19.0. The minimum atomic E-state index is 0.135. The van der Waals surface area contributed by atoms with Crippen LogP contribution in [0.15, 0.2) is 28.7 Å². The van der Waals surface area contributed by atoms with Gasteiger partial charge in [0, 0.05) is 38.7 Å². The number of ether oxygens (including phenoxy) is 1. The monoisotopic (exact) mass is 384 g/mol. The highest BCUT2D eigenvalue weighted by Gasteiger charge is 2.22. The van der Waals surface area contributed by atoms with E-state index in [4.69, 9.17) is 9.15 Å². The third-order valence-corrected chi connectivity index (χ3v) is 5.51. The van der Waals surface area contributed by atoms with E-state index in [-0.39, 0.29) is 12.0 Å². The lowest BCUT2D eigenvalue weighted by Crippen LogP contribution is -2.37. The van der Waals surface area contributed by atoms with Gasteiger partial charge in [0.2, 0.25) is 11.8 Å². The number of carbonyl (C=O) groups is 1. The molecule has 0 saturated carbocycles. The summed E-state index contributed by atoms with van der Waals surface area (Å²) >= 11 is 0. The van der Waals surface area contributed by atoms with Crippen molar-refractivity contribution in [2.45, 2.75) is 51.7 Å². The van der Waals surface area contributed by atoms with E-state index in [0.717, 1.165) is 63.2 Å². The molecule has 0 aliphatic carbocycles. The van der Waals surface area contributed by atoms with Crippen LogP contribution in [0.5, 0.6) is 5.75 Å². The van der Waals surface area contributed by atoms with E-state index in [2.05, 4.69) is 15.1 Å². The first kappa shape index (κ1) is 18.9. The second-order valence-electron chi connectivity index (χ2n) is 7.69. The number of carbonyl (C=O) groups excluding carboxylic acids is 1. The number of likely N-dealkylation sites (tertiary alicyclic amines) is 2. The van der Waals surface area contributed by atoms with Gasteiger partial charge in [0.05, 0.1) is 6.54 Å². The average molecular weight is 384 g/mol. The summed E-state index contributed by atoms with van der Waals surface area (Å²) in [5.74, 6) is 2.25. The number of nitrogens with zero attached hydrogens (tertiary/aromatic N) is 4. The average Bonchev–Trinajstić information content (AvgIpc) is 3.15. The lowest BCUT2D eigenvalue weighted by molar-refractivity contribution is 0.0724. The highest BCUT2D eigenvalue weighted by Crippen LogP contribution is 2.21. The maximum absolute atomic E-state index is 12.6. The van der Waals surface area contributed by atoms with E-state index in [1.807, 2.05) is 36.1 Å². The van der Waals surface area contributed by atoms with Crippen LogP contribution < -0.4 is 4.74 Å². The first-order valence-electron chi connectivity index (χ1n) is 10.2. The van der Waals surface area contributed by atoms with Crippen LogP contribution in [0.25, 0.3) is 0 Å². The molecule has 1 aromatic carbocycles. The summed E-state index contributed by atoms with van der Waals surface area (Å²) in [7, 11) is 0. The van der Waals surface area contributed by atoms with Crippen LogP contribution in [0.1, 0.15) is 54.2 Å². The van der Waals surface area contributed by atoms with Crippen LogP contribution in [0.2, 0.25) is 0 Å². The molecule has 150 valence electrons. The predicted molar refractivity (Wildman–Crippen MR) is 104 cm³/mol. The standard InChI is InChI=1S/C21H28N4O3/c1-16-22-23-20(27-16)15-24-13-9-19(10-14-24)28-18-7-5-17(6-8-18)21(26)25-11-3-2-4-12-25/h5-8,19H,2-4,9-15H2,1H3. The molecule has 2 fully saturated rings. The van der Waals surface area contributed by atoms with Crippen molar-refractivity contribution < 1.29 is 13.9 Å². The molecule has 0 spiro atoms. The third-order valence-electron chi connectivity index (χ3n) is 5.51. The first-order chi connectivity index (χ1) is 13.7. The molecule has 2 saturated heterocycles. The molecule has 1 amide bonds. The van der Waals surface area contributed by atoms with Gasteiger partial charge < -0.3 is 14.1 Å². The zero-order chi connectivity index (χ0) is 19.3. The van der Waals surface area contributed by atoms with Gasteiger partial charge in [-0.25, -0.2) is 0 Å². The summed E-state index contributed by atoms with van der Waals surface area (Å²) in [6, 6.07) is 7.62. The van der Waals surface area contributed by atoms with Crippen molar-refractivity contribution in [2.75, 3.05) is 26.2 Å². The molecule has 2 aliphatic heterocycles. The van der Waals surface area contributed by atoms with E-state index in [1.165, 1.54) is 6.42 Å². The fourth-order valence-electron chi connectivity index (χ4n) is 3.93. The molecule has 7 heteroatoms. The van der Waals surface area contributed by atoms with Crippen molar-refractivity contribution >= 4 is 5.91 Å². The number of rotatable bonds is 5. The van der Waals surface area contributed by atoms with Gasteiger partial charge in [-0.15, -0.1) is 10.2 Å². The second-order valence-corrected chi connectivity index (χ2v) is 7.69. The Kier molecular flexibility index (Phi) is 5.90. The fraction of sp³-hybridized carbons (Fsp3) is 0.571. The topological polar surface area (TPSA) is 71.7 Å². The Labute approximate surface area is 165 Å². The number of hydrogen-bond donors (Lipinski definition) is 0. The maximum atomic E-state index is 12.6. The zero-order valence-corrected chi connectivity index (χ0v) is 16.5. The molecule has 2 aliphatic rings. The molecule has 28 heavy (non-hydrogen) atoms. The Morgan fingerprint density at radius 2 is 1.79 bits per heavy atom. The largest absolute Gasteiger partial charge is 0.490 e. The highest BCUT2D eigenvalue weighted by molar-refractivity contribution is 5.94. The summed E-state index contributed by atoms with van der Waals surface area (Å²) < 4.78 is 11.6. The first-order valence-corrected chi connectivity index (χ1v) is 10.2. The van der Waals surface area contributed by atoms with Crippen molar-refractivity contribution in [3.05, 3.63) is 41.6 Å². The Morgan fingerprint density at radius 1 is 1.07 bits per heavy atom. The van der Waals surface area contributed by atoms with Crippen LogP contribution in [0.3, 0.4) is 0 Å². The molecule has 0 atom stereocenters. The summed E-state index contributed by atoms with van der Waals surface area (Å²) in [5.41, 5.74) is 0.749. The number of hydrogen-bond acceptors (Lipinski definition) is 6. The quantitative estimate of drug-likeness (QED) is 0.789. The van der Waals surface area contributed by atoms with Gasteiger partial charge in [-0.3, -0.25) is 9.69 Å². The second kappa shape index (κ2) is 8.73. The molecular weight excluding hydrogens is 356 g/mol. The van der Waals surface area contributed by atoms with Crippen molar-refractivity contribution in [1.29, 1.82) is 0 Å². The smallest absolute Gasteiger partial charge is 0.253 e. The predicted octanol–water partition coefficient (Wildman–Crippen LogP) is 3.05. The summed E-state index contributed by atoms with van der Waals surface area (Å²) in [4.78, 5) is 16.8. The molecule has 7 nitrogen and oxygen atoms in total. The molecule has 2 aromatic rings. The van der Waals surface area contributed by atoms with Gasteiger partial charge in [0.1, 0.15) is 11.9 Å². The van der Waals surface area contributed by atoms with Crippen molar-refractivity contribution in [2.24, 2.45) is 0 Å². The summed E-state index contributed by atoms with van der Waals surface area (Å²) in [5, 5.41) is 7.94. The zero-order valence-electron chi connectivity index (χ0n) is 16.5. The van der Waals surface area contributed by atoms with Crippen molar-refractivity contribution in [3.63, 3.8) is 0 Å². The highest BCUT2D eigenvalue weighted by atomic mass is 16.5. The van der Waals surface area contributed by atoms with E-state index >= 15 is 0 Å². The third kappa shape index (κ3) is 4.70. The fourth-order valence-corrected chi connectivity index (χ4v) is 3.93. The SMILES string of the molecule is Cc1nnc(CN2CCC(Oc3ccc(C(=O)N4CCCCC4)cc3)CC2)o1. The van der Waals surface area contributed by atoms with Crippen molar-refractivity contribution in [1.82, 2.24) is 20.0 Å². The molecule has 0 radical (unpaired) electrons. The Morgan fingerprint density at radius 3 is 2.43 bits per heavy atom. The van der Waals surface area contributed by atoms with Crippen LogP contribution in [0, 0.1) is 6.92 Å². The van der Waals surface area contributed by atoms with Gasteiger partial charge in [0.25, 0.3) is 5.91 Å². The van der Waals surface area contributed by atoms with Crippen LogP contribution in [-0.2, 0) is 6.54 Å². The van der Waals surface area contributed by atoms with Crippen LogP contribution in [0.4, 0.5) is 0 Å².